The highest BCUT2D eigenvalue weighted by atomic mass is 16.5. The van der Waals surface area contributed by atoms with Crippen LogP contribution in [-0.2, 0) is 20.7 Å². The predicted molar refractivity (Wildman–Crippen MR) is 99.1 cm³/mol. The van der Waals surface area contributed by atoms with Crippen LogP contribution < -0.4 is 0 Å². The number of carbonyl (C=O) groups excluding carboxylic acids is 1. The van der Waals surface area contributed by atoms with Crippen molar-refractivity contribution in [3.05, 3.63) is 34.4 Å². The number of aliphatic carboxylic acids is 1. The number of likely N-dealkylation sites (tertiary alicyclic amines) is 1. The maximum atomic E-state index is 12.8. The predicted octanol–water partition coefficient (Wildman–Crippen LogP) is 2.88. The molecule has 0 aliphatic carbocycles. The number of carboxylic acids is 1. The third-order valence-electron chi connectivity index (χ3n) is 5.98. The molecule has 26 heavy (non-hydrogen) atoms. The summed E-state index contributed by atoms with van der Waals surface area (Å²) in [6, 6.07) is 4.26. The zero-order chi connectivity index (χ0) is 18.8. The van der Waals surface area contributed by atoms with Crippen molar-refractivity contribution in [2.24, 2.45) is 11.8 Å². The van der Waals surface area contributed by atoms with Crippen LogP contribution in [0.25, 0.3) is 0 Å². The van der Waals surface area contributed by atoms with E-state index in [9.17, 15) is 14.7 Å². The number of amides is 1. The van der Waals surface area contributed by atoms with Crippen molar-refractivity contribution in [1.29, 1.82) is 0 Å². The Morgan fingerprint density at radius 1 is 1.12 bits per heavy atom. The van der Waals surface area contributed by atoms with Gasteiger partial charge in [-0.1, -0.05) is 17.7 Å². The van der Waals surface area contributed by atoms with Crippen LogP contribution in [0.15, 0.2) is 12.1 Å². The van der Waals surface area contributed by atoms with Crippen molar-refractivity contribution in [1.82, 2.24) is 4.90 Å². The first-order valence-electron chi connectivity index (χ1n) is 9.55. The van der Waals surface area contributed by atoms with Crippen molar-refractivity contribution >= 4 is 11.9 Å². The third-order valence-corrected chi connectivity index (χ3v) is 5.98. The molecule has 0 radical (unpaired) electrons. The van der Waals surface area contributed by atoms with Crippen LogP contribution in [0.1, 0.15) is 41.5 Å². The summed E-state index contributed by atoms with van der Waals surface area (Å²) >= 11 is 0. The van der Waals surface area contributed by atoms with Crippen LogP contribution in [0.4, 0.5) is 0 Å². The lowest BCUT2D eigenvalue weighted by Crippen LogP contribution is -2.43. The maximum Gasteiger partial charge on any atom is 0.309 e. The molecule has 2 heterocycles. The van der Waals surface area contributed by atoms with Crippen LogP contribution in [-0.4, -0.2) is 47.7 Å². The molecule has 142 valence electrons. The maximum absolute atomic E-state index is 12.8. The molecule has 1 aromatic rings. The minimum Gasteiger partial charge on any atom is -0.481 e. The summed E-state index contributed by atoms with van der Waals surface area (Å²) in [5, 5.41) is 9.35. The molecule has 0 spiro atoms. The summed E-state index contributed by atoms with van der Waals surface area (Å²) in [7, 11) is 0. The molecule has 0 saturated carbocycles. The second kappa shape index (κ2) is 7.78. The average molecular weight is 359 g/mol. The van der Waals surface area contributed by atoms with Gasteiger partial charge in [-0.3, -0.25) is 9.59 Å². The van der Waals surface area contributed by atoms with E-state index in [0.29, 0.717) is 32.5 Å². The Balaban J connectivity index is 1.58. The van der Waals surface area contributed by atoms with E-state index >= 15 is 0 Å². The molecule has 2 aliphatic rings. The van der Waals surface area contributed by atoms with Crippen LogP contribution in [0.2, 0.25) is 0 Å². The minimum atomic E-state index is -0.753. The molecule has 2 saturated heterocycles. The average Bonchev–Trinajstić information content (AvgIpc) is 3.08. The number of piperidine rings is 1. The normalized spacial score (nSPS) is 24.0. The Kier molecular flexibility index (Phi) is 5.66. The SMILES string of the molecule is Cc1cc(C)c(CC(=O)N2CCC([C@@H]3OCCC3C(=O)O)CC2)c(C)c1. The highest BCUT2D eigenvalue weighted by molar-refractivity contribution is 5.79. The number of hydrogen-bond acceptors (Lipinski definition) is 3. The lowest BCUT2D eigenvalue weighted by Gasteiger charge is -2.35. The van der Waals surface area contributed by atoms with Crippen molar-refractivity contribution in [2.45, 2.75) is 52.6 Å². The van der Waals surface area contributed by atoms with Crippen molar-refractivity contribution in [3.8, 4) is 0 Å². The fraction of sp³-hybridized carbons (Fsp3) is 0.619. The van der Waals surface area contributed by atoms with Gasteiger partial charge in [0.25, 0.3) is 0 Å². The van der Waals surface area contributed by atoms with Gasteiger partial charge in [-0.05, 0) is 62.6 Å². The van der Waals surface area contributed by atoms with Gasteiger partial charge in [0.1, 0.15) is 0 Å². The van der Waals surface area contributed by atoms with Gasteiger partial charge in [-0.15, -0.1) is 0 Å². The summed E-state index contributed by atoms with van der Waals surface area (Å²) < 4.78 is 5.72. The van der Waals surface area contributed by atoms with Gasteiger partial charge in [0, 0.05) is 19.7 Å². The van der Waals surface area contributed by atoms with Gasteiger partial charge in [-0.2, -0.15) is 0 Å². The van der Waals surface area contributed by atoms with Gasteiger partial charge in [0.15, 0.2) is 0 Å². The molecule has 5 nitrogen and oxygen atoms in total. The van der Waals surface area contributed by atoms with E-state index in [1.165, 1.54) is 16.7 Å². The summed E-state index contributed by atoms with van der Waals surface area (Å²) in [6.45, 7) is 8.13. The Morgan fingerprint density at radius 2 is 1.73 bits per heavy atom. The van der Waals surface area contributed by atoms with Crippen LogP contribution in [0, 0.1) is 32.6 Å². The molecule has 2 fully saturated rings. The van der Waals surface area contributed by atoms with Gasteiger partial charge in [0.05, 0.1) is 18.4 Å². The summed E-state index contributed by atoms with van der Waals surface area (Å²) in [5.41, 5.74) is 4.71. The fourth-order valence-electron chi connectivity index (χ4n) is 4.57. The van der Waals surface area contributed by atoms with E-state index in [4.69, 9.17) is 4.74 Å². The molecule has 0 bridgehead atoms. The highest BCUT2D eigenvalue weighted by Gasteiger charge is 2.40. The molecule has 2 aliphatic heterocycles. The Bertz CT molecular complexity index is 668. The monoisotopic (exact) mass is 359 g/mol. The molecule has 1 unspecified atom stereocenters. The van der Waals surface area contributed by atoms with Crippen molar-refractivity contribution in [3.63, 3.8) is 0 Å². The first-order valence-corrected chi connectivity index (χ1v) is 9.55. The van der Waals surface area contributed by atoms with Crippen LogP contribution in [0.3, 0.4) is 0 Å². The molecule has 3 rings (SSSR count). The molecule has 0 aromatic heterocycles. The minimum absolute atomic E-state index is 0.167. The van der Waals surface area contributed by atoms with Gasteiger partial charge in [-0.25, -0.2) is 0 Å². The lowest BCUT2D eigenvalue weighted by molar-refractivity contribution is -0.145. The first kappa shape index (κ1) is 18.9. The third kappa shape index (κ3) is 3.93. The zero-order valence-corrected chi connectivity index (χ0v) is 16.0. The number of carbonyl (C=O) groups is 2. The number of nitrogens with zero attached hydrogens (tertiary/aromatic N) is 1. The molecule has 2 atom stereocenters. The number of hydrogen-bond donors (Lipinski definition) is 1. The molecule has 1 aromatic carbocycles. The van der Waals surface area contributed by atoms with Crippen molar-refractivity contribution in [2.75, 3.05) is 19.7 Å². The number of rotatable bonds is 4. The summed E-state index contributed by atoms with van der Waals surface area (Å²) in [6.07, 6.45) is 2.51. The highest BCUT2D eigenvalue weighted by Crippen LogP contribution is 2.33. The number of aryl methyl sites for hydroxylation is 3. The second-order valence-corrected chi connectivity index (χ2v) is 7.84. The second-order valence-electron chi connectivity index (χ2n) is 7.84. The molecular weight excluding hydrogens is 330 g/mol. The number of ether oxygens (including phenoxy) is 1. The Labute approximate surface area is 155 Å². The number of benzene rings is 1. The lowest BCUT2D eigenvalue weighted by atomic mass is 9.84. The standard InChI is InChI=1S/C21H29NO4/c1-13-10-14(2)18(15(3)11-13)12-19(23)22-7-4-16(5-8-22)20-17(21(24)25)6-9-26-20/h10-11,16-17,20H,4-9,12H2,1-3H3,(H,24,25)/t17?,20-/m0/s1. The van der Waals surface area contributed by atoms with Gasteiger partial charge in [0.2, 0.25) is 5.91 Å². The molecule has 1 amide bonds. The Hall–Kier alpha value is -1.88. The van der Waals surface area contributed by atoms with Crippen LogP contribution >= 0.6 is 0 Å². The first-order chi connectivity index (χ1) is 12.4. The largest absolute Gasteiger partial charge is 0.481 e. The fourth-order valence-corrected chi connectivity index (χ4v) is 4.57. The molecule has 5 heteroatoms. The van der Waals surface area contributed by atoms with Crippen LogP contribution in [0.5, 0.6) is 0 Å². The van der Waals surface area contributed by atoms with E-state index in [0.717, 1.165) is 18.4 Å². The smallest absolute Gasteiger partial charge is 0.309 e. The van der Waals surface area contributed by atoms with Crippen molar-refractivity contribution < 1.29 is 19.4 Å². The van der Waals surface area contributed by atoms with E-state index in [-0.39, 0.29) is 23.8 Å². The molecule has 1 N–H and O–H groups in total. The topological polar surface area (TPSA) is 66.8 Å². The van der Waals surface area contributed by atoms with E-state index in [1.54, 1.807) is 0 Å². The Morgan fingerprint density at radius 3 is 2.31 bits per heavy atom. The summed E-state index contributed by atoms with van der Waals surface area (Å²) in [5.74, 6) is -0.734. The van der Waals surface area contributed by atoms with E-state index in [2.05, 4.69) is 32.9 Å². The molecular formula is C21H29NO4. The van der Waals surface area contributed by atoms with E-state index in [1.807, 2.05) is 4.90 Å². The van der Waals surface area contributed by atoms with Gasteiger partial charge >= 0.3 is 5.97 Å². The summed E-state index contributed by atoms with van der Waals surface area (Å²) in [4.78, 5) is 26.1. The van der Waals surface area contributed by atoms with Gasteiger partial charge < -0.3 is 14.7 Å². The number of carboxylic acid groups (broad SMARTS) is 1. The quantitative estimate of drug-likeness (QED) is 0.898. The van der Waals surface area contributed by atoms with E-state index < -0.39 is 5.97 Å². The zero-order valence-electron chi connectivity index (χ0n) is 16.0.